The summed E-state index contributed by atoms with van der Waals surface area (Å²) in [5.41, 5.74) is 1.15. The number of sulfonamides is 1. The highest BCUT2D eigenvalue weighted by Crippen LogP contribution is 2.18. The first-order valence-corrected chi connectivity index (χ1v) is 9.86. The Morgan fingerprint density at radius 2 is 1.88 bits per heavy atom. The lowest BCUT2D eigenvalue weighted by Gasteiger charge is -2.30. The zero-order valence-corrected chi connectivity index (χ0v) is 15.1. The Bertz CT molecular complexity index is 635. The van der Waals surface area contributed by atoms with Gasteiger partial charge in [0.2, 0.25) is 10.0 Å². The van der Waals surface area contributed by atoms with Gasteiger partial charge in [-0.05, 0) is 42.9 Å². The summed E-state index contributed by atoms with van der Waals surface area (Å²) in [6, 6.07) is 7.06. The van der Waals surface area contributed by atoms with Gasteiger partial charge in [-0.1, -0.05) is 25.5 Å². The molecule has 1 aromatic rings. The highest BCUT2D eigenvalue weighted by molar-refractivity contribution is 7.89. The number of carbonyl (C=O) groups excluding carboxylic acids is 1. The number of rotatable bonds is 6. The number of amides is 1. The first kappa shape index (κ1) is 18.7. The topological polar surface area (TPSA) is 75.7 Å². The molecule has 0 unspecified atom stereocenters. The molecular weight excluding hydrogens is 328 g/mol. The number of ether oxygens (including phenoxy) is 1. The summed E-state index contributed by atoms with van der Waals surface area (Å²) in [6.07, 6.45) is 3.21. The predicted molar refractivity (Wildman–Crippen MR) is 92.3 cm³/mol. The van der Waals surface area contributed by atoms with Gasteiger partial charge in [0.15, 0.2) is 0 Å². The Morgan fingerprint density at radius 3 is 2.42 bits per heavy atom. The van der Waals surface area contributed by atoms with Crippen molar-refractivity contribution < 1.29 is 17.9 Å². The molecule has 24 heavy (non-hydrogen) atoms. The maximum absolute atomic E-state index is 12.4. The summed E-state index contributed by atoms with van der Waals surface area (Å²) < 4.78 is 32.1. The van der Waals surface area contributed by atoms with Crippen LogP contribution in [0.2, 0.25) is 0 Å². The molecule has 0 aromatic heterocycles. The lowest BCUT2D eigenvalue weighted by molar-refractivity contribution is 0.106. The molecule has 1 aliphatic rings. The van der Waals surface area contributed by atoms with Crippen molar-refractivity contribution >= 4 is 16.1 Å². The van der Waals surface area contributed by atoms with Crippen molar-refractivity contribution in [3.8, 4) is 0 Å². The molecule has 2 rings (SSSR count). The van der Waals surface area contributed by atoms with Gasteiger partial charge < -0.3 is 9.64 Å². The lowest BCUT2D eigenvalue weighted by Crippen LogP contribution is -2.41. The highest BCUT2D eigenvalue weighted by atomic mass is 32.2. The fraction of sp³-hybridized carbons (Fsp3) is 0.588. The maximum Gasteiger partial charge on any atom is 0.409 e. The van der Waals surface area contributed by atoms with E-state index < -0.39 is 10.0 Å². The molecule has 1 saturated heterocycles. The molecule has 0 bridgehead atoms. The first-order valence-electron chi connectivity index (χ1n) is 8.37. The number of carbonyl (C=O) groups is 1. The van der Waals surface area contributed by atoms with Crippen molar-refractivity contribution in [3.05, 3.63) is 29.8 Å². The molecule has 0 radical (unpaired) electrons. The van der Waals surface area contributed by atoms with Gasteiger partial charge in [-0.25, -0.2) is 17.9 Å². The number of aryl methyl sites for hydroxylation is 1. The summed E-state index contributed by atoms with van der Waals surface area (Å²) in [4.78, 5) is 13.4. The van der Waals surface area contributed by atoms with Crippen LogP contribution in [0.15, 0.2) is 29.2 Å². The van der Waals surface area contributed by atoms with E-state index in [2.05, 4.69) is 11.6 Å². The molecule has 6 nitrogen and oxygen atoms in total. The molecule has 7 heteroatoms. The SMILES string of the molecule is CCCc1ccc(S(=O)(=O)NCC2CCN(C(=O)OC)CC2)cc1. The van der Waals surface area contributed by atoms with Gasteiger partial charge in [-0.3, -0.25) is 0 Å². The summed E-state index contributed by atoms with van der Waals surface area (Å²) in [7, 11) is -2.11. The van der Waals surface area contributed by atoms with Crippen LogP contribution in [0.1, 0.15) is 31.7 Å². The molecule has 1 N–H and O–H groups in total. The van der Waals surface area contributed by atoms with Gasteiger partial charge in [0.25, 0.3) is 0 Å². The number of benzene rings is 1. The number of nitrogens with one attached hydrogen (secondary N) is 1. The Balaban J connectivity index is 1.86. The van der Waals surface area contributed by atoms with Crippen LogP contribution in [0.25, 0.3) is 0 Å². The third kappa shape index (κ3) is 4.95. The van der Waals surface area contributed by atoms with Crippen molar-refractivity contribution in [1.82, 2.24) is 9.62 Å². The van der Waals surface area contributed by atoms with Crippen LogP contribution in [-0.2, 0) is 21.2 Å². The fourth-order valence-corrected chi connectivity index (χ4v) is 4.00. The summed E-state index contributed by atoms with van der Waals surface area (Å²) >= 11 is 0. The van der Waals surface area contributed by atoms with E-state index in [9.17, 15) is 13.2 Å². The zero-order chi connectivity index (χ0) is 17.6. The second-order valence-corrected chi connectivity index (χ2v) is 7.91. The van der Waals surface area contributed by atoms with E-state index in [1.54, 1.807) is 17.0 Å². The van der Waals surface area contributed by atoms with E-state index in [0.717, 1.165) is 31.2 Å². The molecule has 0 spiro atoms. The van der Waals surface area contributed by atoms with Gasteiger partial charge in [-0.2, -0.15) is 0 Å². The molecule has 1 aromatic carbocycles. The third-order valence-electron chi connectivity index (χ3n) is 4.38. The molecule has 134 valence electrons. The Hall–Kier alpha value is -1.60. The van der Waals surface area contributed by atoms with Crippen molar-refractivity contribution in [3.63, 3.8) is 0 Å². The quantitative estimate of drug-likeness (QED) is 0.851. The van der Waals surface area contributed by atoms with Crippen LogP contribution in [0.4, 0.5) is 4.79 Å². The van der Waals surface area contributed by atoms with Crippen LogP contribution in [-0.4, -0.2) is 46.2 Å². The molecular formula is C17H26N2O4S. The number of hydrogen-bond acceptors (Lipinski definition) is 4. The van der Waals surface area contributed by atoms with Crippen LogP contribution in [0.3, 0.4) is 0 Å². The van der Waals surface area contributed by atoms with Crippen molar-refractivity contribution in [2.75, 3.05) is 26.7 Å². The van der Waals surface area contributed by atoms with Gasteiger partial charge in [0, 0.05) is 19.6 Å². The number of nitrogens with zero attached hydrogens (tertiary/aromatic N) is 1. The Kier molecular flexibility index (Phi) is 6.62. The minimum absolute atomic E-state index is 0.236. The minimum Gasteiger partial charge on any atom is -0.453 e. The van der Waals surface area contributed by atoms with E-state index in [1.165, 1.54) is 7.11 Å². The number of hydrogen-bond donors (Lipinski definition) is 1. The second kappa shape index (κ2) is 8.48. The number of piperidine rings is 1. The molecule has 1 aliphatic heterocycles. The van der Waals surface area contributed by atoms with Gasteiger partial charge in [-0.15, -0.1) is 0 Å². The van der Waals surface area contributed by atoms with E-state index in [1.807, 2.05) is 12.1 Å². The largest absolute Gasteiger partial charge is 0.453 e. The van der Waals surface area contributed by atoms with Crippen LogP contribution in [0, 0.1) is 5.92 Å². The standard InChI is InChI=1S/C17H26N2O4S/c1-3-4-14-5-7-16(8-6-14)24(21,22)18-13-15-9-11-19(12-10-15)17(20)23-2/h5-8,15,18H,3-4,9-13H2,1-2H3. The normalized spacial score (nSPS) is 16.2. The summed E-state index contributed by atoms with van der Waals surface area (Å²) in [6.45, 7) is 3.70. The molecule has 1 amide bonds. The lowest BCUT2D eigenvalue weighted by atomic mass is 9.97. The van der Waals surface area contributed by atoms with E-state index in [0.29, 0.717) is 24.5 Å². The third-order valence-corrected chi connectivity index (χ3v) is 5.82. The molecule has 1 fully saturated rings. The van der Waals surface area contributed by atoms with E-state index in [-0.39, 0.29) is 12.0 Å². The Morgan fingerprint density at radius 1 is 1.25 bits per heavy atom. The minimum atomic E-state index is -3.48. The average molecular weight is 354 g/mol. The molecule has 0 atom stereocenters. The maximum atomic E-state index is 12.4. The van der Waals surface area contributed by atoms with Crippen LogP contribution >= 0.6 is 0 Å². The van der Waals surface area contributed by atoms with Crippen LogP contribution < -0.4 is 4.72 Å². The van der Waals surface area contributed by atoms with Gasteiger partial charge >= 0.3 is 6.09 Å². The number of likely N-dealkylation sites (tertiary alicyclic amines) is 1. The summed E-state index contributed by atoms with van der Waals surface area (Å²) in [5, 5.41) is 0. The van der Waals surface area contributed by atoms with Gasteiger partial charge in [0.05, 0.1) is 12.0 Å². The first-order chi connectivity index (χ1) is 11.5. The number of methoxy groups -OCH3 is 1. The smallest absolute Gasteiger partial charge is 0.409 e. The molecule has 0 saturated carbocycles. The predicted octanol–water partition coefficient (Wildman–Crippen LogP) is 2.40. The molecule has 0 aliphatic carbocycles. The van der Waals surface area contributed by atoms with E-state index in [4.69, 9.17) is 4.74 Å². The monoisotopic (exact) mass is 354 g/mol. The van der Waals surface area contributed by atoms with Gasteiger partial charge in [0.1, 0.15) is 0 Å². The van der Waals surface area contributed by atoms with Crippen molar-refractivity contribution in [2.45, 2.75) is 37.5 Å². The fourth-order valence-electron chi connectivity index (χ4n) is 2.88. The Labute approximate surface area is 144 Å². The average Bonchev–Trinajstić information content (AvgIpc) is 2.60. The second-order valence-electron chi connectivity index (χ2n) is 6.15. The molecule has 1 heterocycles. The van der Waals surface area contributed by atoms with Crippen molar-refractivity contribution in [2.24, 2.45) is 5.92 Å². The van der Waals surface area contributed by atoms with Crippen LogP contribution in [0.5, 0.6) is 0 Å². The highest BCUT2D eigenvalue weighted by Gasteiger charge is 2.24. The van der Waals surface area contributed by atoms with Crippen molar-refractivity contribution in [1.29, 1.82) is 0 Å². The zero-order valence-electron chi connectivity index (χ0n) is 14.3. The van der Waals surface area contributed by atoms with E-state index >= 15 is 0 Å². The summed E-state index contributed by atoms with van der Waals surface area (Å²) in [5.74, 6) is 0.236.